The van der Waals surface area contributed by atoms with Gasteiger partial charge in [-0.25, -0.2) is 38.4 Å². The third-order valence-corrected chi connectivity index (χ3v) is 7.01. The first-order valence-corrected chi connectivity index (χ1v) is 19.4. The van der Waals surface area contributed by atoms with Crippen molar-refractivity contribution in [2.45, 2.75) is 54.4 Å². The van der Waals surface area contributed by atoms with Gasteiger partial charge >= 0.3 is 47.8 Å². The van der Waals surface area contributed by atoms with Crippen molar-refractivity contribution >= 4 is 47.8 Å². The fourth-order valence-electron chi connectivity index (χ4n) is 1.27. The van der Waals surface area contributed by atoms with Gasteiger partial charge in [-0.15, -0.1) is 0 Å². The van der Waals surface area contributed by atoms with Crippen LogP contribution in [0.5, 0.6) is 0 Å². The Bertz CT molecular complexity index is 1240. The Morgan fingerprint density at radius 3 is 0.394 bits per heavy atom. The second kappa shape index (κ2) is 61.3. The number of carbonyl (C=O) groups is 8. The molecule has 0 aliphatic carbocycles. The highest BCUT2D eigenvalue weighted by molar-refractivity contribution is 5.86. The molecule has 0 aliphatic heterocycles. The lowest BCUT2D eigenvalue weighted by atomic mass is 9.88. The van der Waals surface area contributed by atoms with Crippen molar-refractivity contribution in [3.05, 3.63) is 99.2 Å². The SMILES string of the molecule is C=C(C)C(=O)O.C=C(C)C(=O)O.C=C(C)C(=O)O.C=C(C)C(=O)O.C=CC(=O)O.C=CC(=O)O.C=CC(=O)O.C=CC(=O)O.CCC(CO)(CO)CO.CCC(CO)(CO)CO.OCC(CO)(CO)CO. The first-order valence-electron chi connectivity index (χ1n) is 19.4. The molecule has 416 valence electrons. The lowest BCUT2D eigenvalue weighted by Crippen LogP contribution is -2.37. The second-order valence-corrected chi connectivity index (χ2v) is 13.3. The van der Waals surface area contributed by atoms with Crippen LogP contribution in [0.3, 0.4) is 0 Å². The number of aliphatic carboxylic acids is 8. The fraction of sp³-hybridized carbons (Fsp3) is 0.467. The van der Waals surface area contributed by atoms with Crippen LogP contribution in [0.4, 0.5) is 0 Å². The maximum Gasteiger partial charge on any atom is 0.330 e. The quantitative estimate of drug-likeness (QED) is 0.0728. The van der Waals surface area contributed by atoms with Crippen LogP contribution in [0, 0.1) is 16.2 Å². The Hall–Kier alpha value is -6.72. The molecule has 0 atom stereocenters. The number of carboxylic acids is 8. The molecule has 0 aromatic heterocycles. The minimum Gasteiger partial charge on any atom is -0.478 e. The summed E-state index contributed by atoms with van der Waals surface area (Å²) in [4.78, 5) is 75.4. The highest BCUT2D eigenvalue weighted by Crippen LogP contribution is 2.19. The molecule has 0 bridgehead atoms. The number of hydrogen-bond donors (Lipinski definition) is 18. The summed E-state index contributed by atoms with van der Waals surface area (Å²) in [5.41, 5.74) is -1.74. The van der Waals surface area contributed by atoms with Gasteiger partial charge in [0.05, 0.1) is 71.5 Å². The Kier molecular flexibility index (Phi) is 78.3. The van der Waals surface area contributed by atoms with E-state index in [0.29, 0.717) is 12.8 Å². The maximum absolute atomic E-state index is 9.60. The molecule has 0 amide bonds. The van der Waals surface area contributed by atoms with Crippen LogP contribution in [-0.2, 0) is 38.4 Å². The molecule has 0 radical (unpaired) electrons. The van der Waals surface area contributed by atoms with Crippen molar-refractivity contribution in [2.75, 3.05) is 66.1 Å². The Morgan fingerprint density at radius 2 is 0.394 bits per heavy atom. The summed E-state index contributed by atoms with van der Waals surface area (Å²) in [6.07, 6.45) is 4.52. The van der Waals surface area contributed by atoms with Gasteiger partial charge in [0.1, 0.15) is 0 Å². The Balaban J connectivity index is -0.0000000625. The number of aliphatic hydroxyl groups excluding tert-OH is 10. The average molecular weight is 1040 g/mol. The summed E-state index contributed by atoms with van der Waals surface area (Å²) in [6, 6.07) is 0. The minimum atomic E-state index is -1.11. The zero-order valence-electron chi connectivity index (χ0n) is 41.3. The van der Waals surface area contributed by atoms with E-state index in [0.717, 1.165) is 24.3 Å². The third kappa shape index (κ3) is 83.7. The van der Waals surface area contributed by atoms with Crippen molar-refractivity contribution in [1.29, 1.82) is 0 Å². The van der Waals surface area contributed by atoms with Crippen molar-refractivity contribution in [3.63, 3.8) is 0 Å². The lowest BCUT2D eigenvalue weighted by Gasteiger charge is -2.24. The predicted octanol–water partition coefficient (Wildman–Crippen LogP) is 0.278. The van der Waals surface area contributed by atoms with E-state index in [2.05, 4.69) is 52.6 Å². The lowest BCUT2D eigenvalue weighted by molar-refractivity contribution is -0.133. The Labute approximate surface area is 413 Å². The molecule has 0 saturated heterocycles. The van der Waals surface area contributed by atoms with Gasteiger partial charge in [-0.3, -0.25) is 0 Å². The van der Waals surface area contributed by atoms with Gasteiger partial charge in [0.25, 0.3) is 0 Å². The highest BCUT2D eigenvalue weighted by atomic mass is 16.4. The maximum atomic E-state index is 9.60. The van der Waals surface area contributed by atoms with E-state index in [1.807, 2.05) is 13.8 Å². The predicted molar refractivity (Wildman–Crippen MR) is 260 cm³/mol. The number of carboxylic acid groups (broad SMARTS) is 8. The topological polar surface area (TPSA) is 501 Å². The van der Waals surface area contributed by atoms with Gasteiger partial charge < -0.3 is 91.9 Å². The first kappa shape index (κ1) is 90.7. The van der Waals surface area contributed by atoms with Crippen molar-refractivity contribution in [3.8, 4) is 0 Å². The molecular formula is C45H80O26. The van der Waals surface area contributed by atoms with Crippen LogP contribution >= 0.6 is 0 Å². The zero-order valence-corrected chi connectivity index (χ0v) is 41.3. The van der Waals surface area contributed by atoms with E-state index >= 15 is 0 Å². The van der Waals surface area contributed by atoms with Crippen LogP contribution in [0.1, 0.15) is 54.4 Å². The van der Waals surface area contributed by atoms with Gasteiger partial charge in [0.2, 0.25) is 0 Å². The van der Waals surface area contributed by atoms with E-state index < -0.39 is 90.4 Å². The molecule has 0 heterocycles. The van der Waals surface area contributed by atoms with E-state index in [9.17, 15) is 38.4 Å². The fourth-order valence-corrected chi connectivity index (χ4v) is 1.27. The minimum absolute atomic E-state index is 0.156. The van der Waals surface area contributed by atoms with Crippen LogP contribution in [-0.4, -0.2) is 206 Å². The second-order valence-electron chi connectivity index (χ2n) is 13.3. The molecule has 71 heavy (non-hydrogen) atoms. The van der Waals surface area contributed by atoms with Crippen molar-refractivity contribution in [1.82, 2.24) is 0 Å². The van der Waals surface area contributed by atoms with Crippen LogP contribution in [0.25, 0.3) is 0 Å². The summed E-state index contributed by atoms with van der Waals surface area (Å²) < 4.78 is 0. The molecule has 0 aromatic carbocycles. The number of aliphatic hydroxyl groups is 10. The average Bonchev–Trinajstić information content (AvgIpc) is 3.33. The van der Waals surface area contributed by atoms with Gasteiger partial charge in [-0.1, -0.05) is 66.5 Å². The highest BCUT2D eigenvalue weighted by Gasteiger charge is 2.27. The molecule has 18 N–H and O–H groups in total. The first-order chi connectivity index (χ1) is 32.4. The smallest absolute Gasteiger partial charge is 0.330 e. The summed E-state index contributed by atoms with van der Waals surface area (Å²) in [5.74, 6) is -7.67. The van der Waals surface area contributed by atoms with E-state index in [1.165, 1.54) is 27.7 Å². The molecule has 0 fully saturated rings. The van der Waals surface area contributed by atoms with Gasteiger partial charge in [0.15, 0.2) is 0 Å². The molecule has 26 heteroatoms. The largest absolute Gasteiger partial charge is 0.478 e. The summed E-state index contributed by atoms with van der Waals surface area (Å²) in [5, 5.41) is 148. The van der Waals surface area contributed by atoms with Crippen molar-refractivity contribution < 1.29 is 130 Å². The van der Waals surface area contributed by atoms with E-state index in [-0.39, 0.29) is 61.9 Å². The molecule has 26 nitrogen and oxygen atoms in total. The van der Waals surface area contributed by atoms with E-state index in [4.69, 9.17) is 91.9 Å². The monoisotopic (exact) mass is 1040 g/mol. The third-order valence-electron chi connectivity index (χ3n) is 7.01. The summed E-state index contributed by atoms with van der Waals surface area (Å²) >= 11 is 0. The zero-order chi connectivity index (χ0) is 59.7. The van der Waals surface area contributed by atoms with Crippen LogP contribution < -0.4 is 0 Å². The summed E-state index contributed by atoms with van der Waals surface area (Å²) in [6.45, 7) is 31.3. The van der Waals surface area contributed by atoms with Gasteiger partial charge in [-0.2, -0.15) is 0 Å². The normalized spacial score (nSPS) is 8.90. The summed E-state index contributed by atoms with van der Waals surface area (Å²) in [7, 11) is 0. The molecule has 0 saturated carbocycles. The van der Waals surface area contributed by atoms with Crippen LogP contribution in [0.2, 0.25) is 0 Å². The molecule has 0 spiro atoms. The number of rotatable bonds is 20. The molecule has 0 aliphatic rings. The molecule has 0 aromatic rings. The standard InChI is InChI=1S/2C6H14O3.C5H12O4.4C4H6O2.4C3H4O2/c2*1-2-6(3-7,4-8)5-9;6-1-5(2-7,3-8)4-9;4*1-3(2)4(5)6;4*1-2-3(4)5/h2*7-9H,2-5H2,1H3;6-9H,1-4H2;4*1H2,2H3,(H,5,6);4*2H,1H2,(H,4,5). The number of hydrogen-bond acceptors (Lipinski definition) is 18. The van der Waals surface area contributed by atoms with Gasteiger partial charge in [-0.05, 0) is 40.5 Å². The van der Waals surface area contributed by atoms with Crippen molar-refractivity contribution in [2.24, 2.45) is 16.2 Å². The van der Waals surface area contributed by atoms with Gasteiger partial charge in [0, 0.05) is 57.4 Å². The molecular weight excluding hydrogens is 956 g/mol. The molecule has 0 rings (SSSR count). The van der Waals surface area contributed by atoms with Crippen LogP contribution in [0.15, 0.2) is 99.2 Å². The Morgan fingerprint density at radius 1 is 0.310 bits per heavy atom. The van der Waals surface area contributed by atoms with E-state index in [1.54, 1.807) is 0 Å². The molecule has 0 unspecified atom stereocenters.